The van der Waals surface area contributed by atoms with Crippen LogP contribution in [0.1, 0.15) is 27.0 Å². The average Bonchev–Trinajstić information content (AvgIpc) is 3.38. The second-order valence-electron chi connectivity index (χ2n) is 9.09. The maximum absolute atomic E-state index is 13.2. The quantitative estimate of drug-likeness (QED) is 0.326. The lowest BCUT2D eigenvalue weighted by atomic mass is 9.92. The largest absolute Gasteiger partial charge is 0.399 e. The van der Waals surface area contributed by atoms with Gasteiger partial charge in [0.2, 0.25) is 5.91 Å². The van der Waals surface area contributed by atoms with E-state index in [1.165, 1.54) is 0 Å². The molecule has 2 heterocycles. The fourth-order valence-electron chi connectivity index (χ4n) is 5.30. The van der Waals surface area contributed by atoms with E-state index in [1.54, 1.807) is 0 Å². The Morgan fingerprint density at radius 1 is 0.971 bits per heavy atom. The number of rotatable bonds is 4. The Bertz CT molecular complexity index is 1680. The van der Waals surface area contributed by atoms with Gasteiger partial charge >= 0.3 is 0 Å². The first-order chi connectivity index (χ1) is 16.9. The van der Waals surface area contributed by atoms with Gasteiger partial charge in [-0.1, -0.05) is 48.5 Å². The van der Waals surface area contributed by atoms with Gasteiger partial charge in [-0.2, -0.15) is 0 Å². The van der Waals surface area contributed by atoms with E-state index in [1.807, 2.05) is 71.6 Å². The van der Waals surface area contributed by atoms with Gasteiger partial charge < -0.3 is 21.4 Å². The van der Waals surface area contributed by atoms with Crippen LogP contribution in [-0.4, -0.2) is 16.8 Å². The average molecular weight is 461 g/mol. The third-order valence-corrected chi connectivity index (χ3v) is 6.94. The first kappa shape index (κ1) is 21.0. The van der Waals surface area contributed by atoms with Crippen LogP contribution in [0.2, 0.25) is 0 Å². The zero-order chi connectivity index (χ0) is 24.3. The van der Waals surface area contributed by atoms with Crippen molar-refractivity contribution in [2.75, 3.05) is 10.6 Å². The molecule has 4 aromatic carbocycles. The van der Waals surface area contributed by atoms with E-state index in [9.17, 15) is 9.59 Å². The Labute approximate surface area is 202 Å². The standard InChI is InChI=1S/C29H24N4O2/c1-16-20(7-4-8-25(16)33-15-18-5-2-3-6-21(18)29(33)35)22-11-9-17(13-26(31)34)28-27(22)23-12-10-19(30)14-24(23)32-28/h2-12,14,32H,13,15,30H2,1H3,(H2,31,34). The third-order valence-electron chi connectivity index (χ3n) is 6.94. The molecule has 1 aliphatic rings. The second-order valence-corrected chi connectivity index (χ2v) is 9.09. The molecule has 0 radical (unpaired) electrons. The zero-order valence-electron chi connectivity index (χ0n) is 19.3. The van der Waals surface area contributed by atoms with Gasteiger partial charge in [-0.05, 0) is 59.0 Å². The summed E-state index contributed by atoms with van der Waals surface area (Å²) in [4.78, 5) is 30.2. The Balaban J connectivity index is 1.56. The van der Waals surface area contributed by atoms with Gasteiger partial charge in [-0.15, -0.1) is 0 Å². The third kappa shape index (κ3) is 3.26. The number of H-pyrrole nitrogens is 1. The molecular weight excluding hydrogens is 436 g/mol. The lowest BCUT2D eigenvalue weighted by Crippen LogP contribution is -2.24. The molecule has 6 heteroatoms. The lowest BCUT2D eigenvalue weighted by molar-refractivity contribution is -0.117. The Morgan fingerprint density at radius 2 is 1.77 bits per heavy atom. The molecule has 0 aliphatic carbocycles. The number of aromatic amines is 1. The summed E-state index contributed by atoms with van der Waals surface area (Å²) in [6.07, 6.45) is 0.138. The first-order valence-electron chi connectivity index (χ1n) is 11.5. The van der Waals surface area contributed by atoms with Crippen LogP contribution < -0.4 is 16.4 Å². The smallest absolute Gasteiger partial charge is 0.258 e. The highest BCUT2D eigenvalue weighted by Crippen LogP contribution is 2.41. The molecule has 1 aliphatic heterocycles. The Hall–Kier alpha value is -4.58. The van der Waals surface area contributed by atoms with Crippen molar-refractivity contribution in [3.8, 4) is 11.1 Å². The SMILES string of the molecule is Cc1c(-c2ccc(CC(N)=O)c3[nH]c4cc(N)ccc4c23)cccc1N1Cc2ccccc2C1=O. The van der Waals surface area contributed by atoms with Crippen LogP contribution in [0.4, 0.5) is 11.4 Å². The summed E-state index contributed by atoms with van der Waals surface area (Å²) in [6, 6.07) is 23.6. The van der Waals surface area contributed by atoms with Crippen molar-refractivity contribution in [3.63, 3.8) is 0 Å². The van der Waals surface area contributed by atoms with Gasteiger partial charge in [0.05, 0.1) is 18.5 Å². The number of hydrogen-bond donors (Lipinski definition) is 3. The van der Waals surface area contributed by atoms with Gasteiger partial charge in [0.15, 0.2) is 0 Å². The van der Waals surface area contributed by atoms with Gasteiger partial charge in [0.1, 0.15) is 0 Å². The van der Waals surface area contributed by atoms with E-state index in [0.29, 0.717) is 12.2 Å². The summed E-state index contributed by atoms with van der Waals surface area (Å²) >= 11 is 0. The lowest BCUT2D eigenvalue weighted by Gasteiger charge is -2.21. The van der Waals surface area contributed by atoms with Crippen LogP contribution in [-0.2, 0) is 17.8 Å². The molecule has 0 unspecified atom stereocenters. The van der Waals surface area contributed by atoms with Gasteiger partial charge in [-0.3, -0.25) is 9.59 Å². The molecule has 172 valence electrons. The highest BCUT2D eigenvalue weighted by atomic mass is 16.2. The topological polar surface area (TPSA) is 105 Å². The fraction of sp³-hybridized carbons (Fsp3) is 0.103. The van der Waals surface area contributed by atoms with E-state index in [0.717, 1.165) is 60.9 Å². The van der Waals surface area contributed by atoms with Crippen LogP contribution >= 0.6 is 0 Å². The minimum atomic E-state index is -0.387. The molecule has 5 N–H and O–H groups in total. The number of nitrogens with one attached hydrogen (secondary N) is 1. The molecular formula is C29H24N4O2. The normalized spacial score (nSPS) is 13.1. The number of carbonyl (C=O) groups is 2. The van der Waals surface area contributed by atoms with E-state index in [-0.39, 0.29) is 18.2 Å². The van der Waals surface area contributed by atoms with Gasteiger partial charge in [0.25, 0.3) is 5.91 Å². The van der Waals surface area contributed by atoms with Crippen LogP contribution in [0.15, 0.2) is 72.8 Å². The molecule has 0 fully saturated rings. The summed E-state index contributed by atoms with van der Waals surface area (Å²) in [5.41, 5.74) is 20.6. The second kappa shape index (κ2) is 7.74. The number of hydrogen-bond acceptors (Lipinski definition) is 3. The molecule has 35 heavy (non-hydrogen) atoms. The summed E-state index contributed by atoms with van der Waals surface area (Å²) in [5.74, 6) is -0.368. The molecule has 2 amide bonds. The molecule has 0 saturated heterocycles. The Kier molecular flexibility index (Phi) is 4.64. The van der Waals surface area contributed by atoms with Crippen molar-refractivity contribution in [2.45, 2.75) is 19.9 Å². The molecule has 0 atom stereocenters. The number of nitrogens with zero attached hydrogens (tertiary/aromatic N) is 1. The van der Waals surface area contributed by atoms with Crippen LogP contribution in [0.5, 0.6) is 0 Å². The van der Waals surface area contributed by atoms with Crippen molar-refractivity contribution in [1.82, 2.24) is 4.98 Å². The predicted molar refractivity (Wildman–Crippen MR) is 140 cm³/mol. The molecule has 6 rings (SSSR count). The van der Waals surface area contributed by atoms with E-state index in [4.69, 9.17) is 11.5 Å². The number of fused-ring (bicyclic) bond motifs is 4. The highest BCUT2D eigenvalue weighted by molar-refractivity contribution is 6.17. The number of carbonyl (C=O) groups excluding carboxylic acids is 2. The van der Waals surface area contributed by atoms with Crippen LogP contribution in [0.3, 0.4) is 0 Å². The number of aromatic nitrogens is 1. The Morgan fingerprint density at radius 3 is 2.57 bits per heavy atom. The number of nitrogen functional groups attached to an aromatic ring is 1. The predicted octanol–water partition coefficient (Wildman–Crippen LogP) is 5.07. The van der Waals surface area contributed by atoms with E-state index < -0.39 is 0 Å². The first-order valence-corrected chi connectivity index (χ1v) is 11.5. The molecule has 0 saturated carbocycles. The van der Waals surface area contributed by atoms with Crippen molar-refractivity contribution in [2.24, 2.45) is 5.73 Å². The maximum Gasteiger partial charge on any atom is 0.258 e. The highest BCUT2D eigenvalue weighted by Gasteiger charge is 2.29. The van der Waals surface area contributed by atoms with E-state index in [2.05, 4.69) is 18.0 Å². The van der Waals surface area contributed by atoms with Crippen molar-refractivity contribution >= 4 is 45.0 Å². The monoisotopic (exact) mass is 460 g/mol. The number of primary amides is 1. The van der Waals surface area contributed by atoms with Gasteiger partial charge in [-0.25, -0.2) is 0 Å². The van der Waals surface area contributed by atoms with Crippen molar-refractivity contribution in [1.29, 1.82) is 0 Å². The summed E-state index contributed by atoms with van der Waals surface area (Å²) < 4.78 is 0. The molecule has 1 aromatic heterocycles. The van der Waals surface area contributed by atoms with Gasteiger partial charge in [0, 0.05) is 33.2 Å². The number of nitrogens with two attached hydrogens (primary N) is 2. The summed E-state index contributed by atoms with van der Waals surface area (Å²) in [6.45, 7) is 2.61. The number of amides is 2. The maximum atomic E-state index is 13.2. The zero-order valence-corrected chi connectivity index (χ0v) is 19.3. The number of benzene rings is 4. The summed E-state index contributed by atoms with van der Waals surface area (Å²) in [7, 11) is 0. The molecule has 0 bridgehead atoms. The van der Waals surface area contributed by atoms with Crippen molar-refractivity contribution in [3.05, 3.63) is 95.1 Å². The van der Waals surface area contributed by atoms with E-state index >= 15 is 0 Å². The summed E-state index contributed by atoms with van der Waals surface area (Å²) in [5, 5.41) is 2.03. The number of anilines is 2. The molecule has 6 nitrogen and oxygen atoms in total. The fourth-order valence-corrected chi connectivity index (χ4v) is 5.30. The van der Waals surface area contributed by atoms with Crippen molar-refractivity contribution < 1.29 is 9.59 Å². The molecule has 0 spiro atoms. The minimum Gasteiger partial charge on any atom is -0.399 e. The van der Waals surface area contributed by atoms with Crippen LogP contribution in [0, 0.1) is 6.92 Å². The molecule has 5 aromatic rings. The van der Waals surface area contributed by atoms with Crippen LogP contribution in [0.25, 0.3) is 32.9 Å². The minimum absolute atomic E-state index is 0.0189.